The molecule has 2 N–H and O–H groups in total. The van der Waals surface area contributed by atoms with Crippen LogP contribution in [0.15, 0.2) is 0 Å². The fraction of sp³-hybridized carbons (Fsp3) is 0.615. The van der Waals surface area contributed by atoms with E-state index < -0.39 is 0 Å². The topological polar surface area (TPSA) is 42.2 Å². The first-order valence-electron chi connectivity index (χ1n) is 6.28. The molecule has 0 aromatic carbocycles. The van der Waals surface area contributed by atoms with Gasteiger partial charge in [-0.2, -0.15) is 0 Å². The molecule has 1 aliphatic heterocycles. The van der Waals surface area contributed by atoms with Gasteiger partial charge in [-0.25, -0.2) is 4.98 Å². The highest BCUT2D eigenvalue weighted by molar-refractivity contribution is 5.85. The minimum Gasteiger partial charge on any atom is -0.398 e. The Balaban J connectivity index is 0.00000108. The highest BCUT2D eigenvalue weighted by Gasteiger charge is 2.23. The Bertz CT molecular complexity index is 431. The Hall–Kier alpha value is -0.960. The van der Waals surface area contributed by atoms with Gasteiger partial charge < -0.3 is 10.6 Å². The summed E-state index contributed by atoms with van der Waals surface area (Å²) < 4.78 is 0. The van der Waals surface area contributed by atoms with Crippen LogP contribution in [-0.4, -0.2) is 18.6 Å². The Kier molecular flexibility index (Phi) is 3.48. The summed E-state index contributed by atoms with van der Waals surface area (Å²) in [6.45, 7) is 1.11. The number of rotatable bonds is 0. The molecule has 4 heteroatoms. The third-order valence-corrected chi connectivity index (χ3v) is 3.88. The van der Waals surface area contributed by atoms with Crippen molar-refractivity contribution in [2.24, 2.45) is 0 Å². The fourth-order valence-electron chi connectivity index (χ4n) is 2.96. The van der Waals surface area contributed by atoms with Crippen molar-refractivity contribution in [1.82, 2.24) is 4.98 Å². The van der Waals surface area contributed by atoms with E-state index in [-0.39, 0.29) is 12.4 Å². The lowest BCUT2D eigenvalue weighted by molar-refractivity contribution is 0.655. The van der Waals surface area contributed by atoms with Crippen molar-refractivity contribution >= 4 is 23.9 Å². The van der Waals surface area contributed by atoms with Crippen LogP contribution in [0.1, 0.15) is 36.1 Å². The number of pyridine rings is 1. The number of hydrogen-bond acceptors (Lipinski definition) is 3. The number of aryl methyl sites for hydroxylation is 1. The van der Waals surface area contributed by atoms with Crippen molar-refractivity contribution in [1.29, 1.82) is 0 Å². The third kappa shape index (κ3) is 1.97. The number of nitrogen functional groups attached to an aromatic ring is 1. The Morgan fingerprint density at radius 1 is 1.06 bits per heavy atom. The van der Waals surface area contributed by atoms with E-state index in [1.807, 2.05) is 0 Å². The van der Waals surface area contributed by atoms with E-state index in [2.05, 4.69) is 11.9 Å². The molecule has 0 atom stereocenters. The van der Waals surface area contributed by atoms with Crippen LogP contribution < -0.4 is 10.6 Å². The quantitative estimate of drug-likeness (QED) is 0.772. The second-order valence-electron chi connectivity index (χ2n) is 4.99. The van der Waals surface area contributed by atoms with Gasteiger partial charge in [0.15, 0.2) is 0 Å². The van der Waals surface area contributed by atoms with Crippen LogP contribution in [0, 0.1) is 0 Å². The van der Waals surface area contributed by atoms with E-state index in [0.29, 0.717) is 0 Å². The van der Waals surface area contributed by atoms with Crippen molar-refractivity contribution < 1.29 is 0 Å². The number of hydrogen-bond donors (Lipinski definition) is 1. The van der Waals surface area contributed by atoms with Gasteiger partial charge in [0, 0.05) is 30.5 Å². The summed E-state index contributed by atoms with van der Waals surface area (Å²) in [5, 5.41) is 0. The minimum atomic E-state index is 0. The van der Waals surface area contributed by atoms with Crippen molar-refractivity contribution in [3.63, 3.8) is 0 Å². The Morgan fingerprint density at radius 2 is 1.76 bits per heavy atom. The van der Waals surface area contributed by atoms with Gasteiger partial charge in [0.1, 0.15) is 5.82 Å². The predicted octanol–water partition coefficient (Wildman–Crippen LogP) is 2.35. The van der Waals surface area contributed by atoms with Crippen LogP contribution in [0.25, 0.3) is 0 Å². The molecule has 0 amide bonds. The summed E-state index contributed by atoms with van der Waals surface area (Å²) >= 11 is 0. The maximum Gasteiger partial charge on any atom is 0.133 e. The lowest BCUT2D eigenvalue weighted by Gasteiger charge is -2.30. The normalized spacial score (nSPS) is 18.1. The second-order valence-corrected chi connectivity index (χ2v) is 4.99. The summed E-state index contributed by atoms with van der Waals surface area (Å²) in [4.78, 5) is 7.10. The zero-order valence-corrected chi connectivity index (χ0v) is 11.1. The predicted molar refractivity (Wildman–Crippen MR) is 74.1 cm³/mol. The molecule has 1 aliphatic carbocycles. The fourth-order valence-corrected chi connectivity index (χ4v) is 2.96. The molecule has 2 heterocycles. The summed E-state index contributed by atoms with van der Waals surface area (Å²) in [6.07, 6.45) is 7.08. The van der Waals surface area contributed by atoms with E-state index in [9.17, 15) is 0 Å². The summed E-state index contributed by atoms with van der Waals surface area (Å²) in [6, 6.07) is 0. The molecular weight excluding hydrogens is 234 g/mol. The van der Waals surface area contributed by atoms with E-state index in [0.717, 1.165) is 37.3 Å². The molecule has 0 spiro atoms. The van der Waals surface area contributed by atoms with Gasteiger partial charge in [0.05, 0.1) is 0 Å². The van der Waals surface area contributed by atoms with Gasteiger partial charge in [-0.3, -0.25) is 0 Å². The number of fused-ring (bicyclic) bond motifs is 2. The standard InChI is InChI=1S/C13H19N3.ClH/c1-16-8-4-6-10-12(14)9-5-2-3-7-11(9)15-13(10)16;/h2-8H2,1H3,(H2,14,15);1H. The molecule has 0 radical (unpaired) electrons. The largest absolute Gasteiger partial charge is 0.398 e. The highest BCUT2D eigenvalue weighted by Crippen LogP contribution is 2.35. The zero-order chi connectivity index (χ0) is 11.1. The lowest BCUT2D eigenvalue weighted by Crippen LogP contribution is -2.28. The van der Waals surface area contributed by atoms with Crippen molar-refractivity contribution in [2.75, 3.05) is 24.2 Å². The van der Waals surface area contributed by atoms with Gasteiger partial charge in [0.25, 0.3) is 0 Å². The average Bonchev–Trinajstić information content (AvgIpc) is 2.31. The Morgan fingerprint density at radius 3 is 2.59 bits per heavy atom. The number of nitrogens with two attached hydrogens (primary N) is 1. The van der Waals surface area contributed by atoms with Crippen molar-refractivity contribution in [3.05, 3.63) is 16.8 Å². The molecule has 1 aromatic rings. The maximum atomic E-state index is 6.32. The molecule has 0 saturated carbocycles. The highest BCUT2D eigenvalue weighted by atomic mass is 35.5. The first-order valence-corrected chi connectivity index (χ1v) is 6.28. The van der Waals surface area contributed by atoms with Crippen LogP contribution in [-0.2, 0) is 19.3 Å². The van der Waals surface area contributed by atoms with Crippen LogP contribution in [0.5, 0.6) is 0 Å². The molecule has 17 heavy (non-hydrogen) atoms. The van der Waals surface area contributed by atoms with Crippen molar-refractivity contribution in [3.8, 4) is 0 Å². The van der Waals surface area contributed by atoms with Gasteiger partial charge >= 0.3 is 0 Å². The van der Waals surface area contributed by atoms with Crippen LogP contribution in [0.3, 0.4) is 0 Å². The van der Waals surface area contributed by atoms with Gasteiger partial charge in [-0.1, -0.05) is 0 Å². The van der Waals surface area contributed by atoms with Gasteiger partial charge in [-0.05, 0) is 44.1 Å². The van der Waals surface area contributed by atoms with Crippen molar-refractivity contribution in [2.45, 2.75) is 38.5 Å². The number of halogens is 1. The average molecular weight is 254 g/mol. The van der Waals surface area contributed by atoms with Gasteiger partial charge in [0.2, 0.25) is 0 Å². The molecule has 3 rings (SSSR count). The summed E-state index contributed by atoms with van der Waals surface area (Å²) in [7, 11) is 2.12. The van der Waals surface area contributed by atoms with Crippen LogP contribution in [0.4, 0.5) is 11.5 Å². The molecule has 2 aliphatic rings. The van der Waals surface area contributed by atoms with E-state index in [1.165, 1.54) is 36.1 Å². The number of aromatic nitrogens is 1. The zero-order valence-electron chi connectivity index (χ0n) is 10.3. The number of anilines is 2. The Labute approximate surface area is 109 Å². The minimum absolute atomic E-state index is 0. The van der Waals surface area contributed by atoms with E-state index in [4.69, 9.17) is 10.7 Å². The molecule has 3 nitrogen and oxygen atoms in total. The summed E-state index contributed by atoms with van der Waals surface area (Å²) in [5.41, 5.74) is 11.3. The monoisotopic (exact) mass is 253 g/mol. The SMILES string of the molecule is CN1CCCc2c1nc1c(c2N)CCCC1.Cl. The number of nitrogens with zero attached hydrogens (tertiary/aromatic N) is 2. The molecule has 0 unspecified atom stereocenters. The second kappa shape index (κ2) is 4.73. The molecule has 0 bridgehead atoms. The van der Waals surface area contributed by atoms with E-state index in [1.54, 1.807) is 0 Å². The third-order valence-electron chi connectivity index (χ3n) is 3.88. The maximum absolute atomic E-state index is 6.32. The summed E-state index contributed by atoms with van der Waals surface area (Å²) in [5.74, 6) is 1.14. The van der Waals surface area contributed by atoms with Crippen LogP contribution >= 0.6 is 12.4 Å². The van der Waals surface area contributed by atoms with Crippen LogP contribution in [0.2, 0.25) is 0 Å². The molecule has 1 aromatic heterocycles. The molecular formula is C13H20ClN3. The smallest absolute Gasteiger partial charge is 0.133 e. The molecule has 0 fully saturated rings. The molecule has 94 valence electrons. The van der Waals surface area contributed by atoms with E-state index >= 15 is 0 Å². The first-order chi connectivity index (χ1) is 7.77. The first kappa shape index (κ1) is 12.5. The lowest BCUT2D eigenvalue weighted by atomic mass is 9.91. The van der Waals surface area contributed by atoms with Gasteiger partial charge in [-0.15, -0.1) is 12.4 Å². The molecule has 0 saturated heterocycles.